The van der Waals surface area contributed by atoms with E-state index in [1.54, 1.807) is 0 Å². The molecule has 0 amide bonds. The highest BCUT2D eigenvalue weighted by Gasteiger charge is 2.34. The molecule has 1 aliphatic heterocycles. The minimum Gasteiger partial charge on any atom is -0.389 e. The van der Waals surface area contributed by atoms with E-state index in [0.717, 1.165) is 25.9 Å². The van der Waals surface area contributed by atoms with E-state index in [-0.39, 0.29) is 0 Å². The van der Waals surface area contributed by atoms with Gasteiger partial charge < -0.3 is 15.3 Å². The molecule has 2 fully saturated rings. The Morgan fingerprint density at radius 3 is 2.76 bits per heavy atom. The molecular weight excluding hydrogens is 212 g/mol. The lowest BCUT2D eigenvalue weighted by Crippen LogP contribution is -2.47. The summed E-state index contributed by atoms with van der Waals surface area (Å²) in [7, 11) is 2.18. The lowest BCUT2D eigenvalue weighted by atomic mass is 9.79. The predicted molar refractivity (Wildman–Crippen MR) is 71.1 cm³/mol. The van der Waals surface area contributed by atoms with Crippen LogP contribution in [0.5, 0.6) is 0 Å². The lowest BCUT2D eigenvalue weighted by Gasteiger charge is -2.36. The molecule has 0 radical (unpaired) electrons. The van der Waals surface area contributed by atoms with Gasteiger partial charge in [-0.15, -0.1) is 0 Å². The molecular formula is C14H28N2O. The smallest absolute Gasteiger partial charge is 0.0774 e. The van der Waals surface area contributed by atoms with Gasteiger partial charge in [0.05, 0.1) is 5.60 Å². The summed E-state index contributed by atoms with van der Waals surface area (Å²) in [5.74, 6) is 0.681. The minimum absolute atomic E-state index is 0.442. The molecule has 100 valence electrons. The van der Waals surface area contributed by atoms with Gasteiger partial charge in [0.15, 0.2) is 0 Å². The highest BCUT2D eigenvalue weighted by atomic mass is 16.3. The van der Waals surface area contributed by atoms with Crippen LogP contribution in [-0.2, 0) is 0 Å². The number of aliphatic hydroxyl groups is 1. The van der Waals surface area contributed by atoms with Gasteiger partial charge in [0, 0.05) is 25.2 Å². The van der Waals surface area contributed by atoms with E-state index in [1.165, 1.54) is 19.3 Å². The number of rotatable bonds is 3. The number of likely N-dealkylation sites (N-methyl/N-ethyl adjacent to an activating group) is 1. The molecule has 1 saturated carbocycles. The molecule has 0 aromatic carbocycles. The zero-order chi connectivity index (χ0) is 12.5. The van der Waals surface area contributed by atoms with Gasteiger partial charge in [-0.2, -0.15) is 0 Å². The summed E-state index contributed by atoms with van der Waals surface area (Å²) in [6.07, 6.45) is 5.62. The van der Waals surface area contributed by atoms with Crippen molar-refractivity contribution in [2.75, 3.05) is 20.1 Å². The molecule has 2 N–H and O–H groups in total. The monoisotopic (exact) mass is 240 g/mol. The Kier molecular flexibility index (Phi) is 4.11. The first kappa shape index (κ1) is 13.3. The van der Waals surface area contributed by atoms with Crippen LogP contribution in [0.4, 0.5) is 0 Å². The van der Waals surface area contributed by atoms with Gasteiger partial charge in [-0.05, 0) is 39.2 Å². The number of hydrogen-bond acceptors (Lipinski definition) is 3. The van der Waals surface area contributed by atoms with Gasteiger partial charge in [0.2, 0.25) is 0 Å². The zero-order valence-corrected chi connectivity index (χ0v) is 11.6. The quantitative estimate of drug-likeness (QED) is 0.787. The van der Waals surface area contributed by atoms with Crippen LogP contribution in [0.25, 0.3) is 0 Å². The Hall–Kier alpha value is -0.120. The second-order valence-corrected chi connectivity index (χ2v) is 6.53. The largest absolute Gasteiger partial charge is 0.389 e. The molecule has 0 aromatic rings. The van der Waals surface area contributed by atoms with Crippen LogP contribution in [0.2, 0.25) is 0 Å². The average molecular weight is 240 g/mol. The second kappa shape index (κ2) is 5.25. The first-order valence-corrected chi connectivity index (χ1v) is 7.14. The van der Waals surface area contributed by atoms with E-state index < -0.39 is 5.60 Å². The minimum atomic E-state index is -0.442. The van der Waals surface area contributed by atoms with Crippen molar-refractivity contribution in [3.63, 3.8) is 0 Å². The number of likely N-dealkylation sites (tertiary alicyclic amines) is 1. The Bertz CT molecular complexity index is 249. The van der Waals surface area contributed by atoms with Crippen LogP contribution < -0.4 is 5.32 Å². The Balaban J connectivity index is 1.77. The van der Waals surface area contributed by atoms with Crippen molar-refractivity contribution in [1.82, 2.24) is 10.2 Å². The molecule has 1 saturated heterocycles. The van der Waals surface area contributed by atoms with E-state index in [9.17, 15) is 5.11 Å². The lowest BCUT2D eigenvalue weighted by molar-refractivity contribution is -0.0135. The molecule has 1 heterocycles. The fraction of sp³-hybridized carbons (Fsp3) is 1.00. The van der Waals surface area contributed by atoms with E-state index in [4.69, 9.17) is 0 Å². The molecule has 1 aliphatic carbocycles. The Labute approximate surface area is 106 Å². The topological polar surface area (TPSA) is 35.5 Å². The van der Waals surface area contributed by atoms with Crippen LogP contribution in [0.3, 0.4) is 0 Å². The fourth-order valence-corrected chi connectivity index (χ4v) is 3.47. The van der Waals surface area contributed by atoms with Crippen molar-refractivity contribution < 1.29 is 5.11 Å². The molecule has 3 heteroatoms. The molecule has 0 bridgehead atoms. The summed E-state index contributed by atoms with van der Waals surface area (Å²) in [5, 5.41) is 14.1. The van der Waals surface area contributed by atoms with Crippen LogP contribution in [0.1, 0.15) is 46.0 Å². The number of nitrogens with one attached hydrogen (secondary N) is 1. The van der Waals surface area contributed by atoms with Gasteiger partial charge >= 0.3 is 0 Å². The standard InChI is InChI=1S/C14H28N2O/c1-11-5-4-6-14(17,8-11)10-15-13-7-12(2)16(3)9-13/h11-13,15,17H,4-10H2,1-3H3. The van der Waals surface area contributed by atoms with Gasteiger partial charge in [-0.3, -0.25) is 0 Å². The number of hydrogen-bond donors (Lipinski definition) is 2. The summed E-state index contributed by atoms with van der Waals surface area (Å²) >= 11 is 0. The number of nitrogens with zero attached hydrogens (tertiary/aromatic N) is 1. The fourth-order valence-electron chi connectivity index (χ4n) is 3.47. The summed E-state index contributed by atoms with van der Waals surface area (Å²) in [5.41, 5.74) is -0.442. The van der Waals surface area contributed by atoms with Crippen molar-refractivity contribution in [2.24, 2.45) is 5.92 Å². The van der Waals surface area contributed by atoms with Gasteiger partial charge in [-0.1, -0.05) is 19.8 Å². The van der Waals surface area contributed by atoms with Gasteiger partial charge in [0.1, 0.15) is 0 Å². The molecule has 0 spiro atoms. The maximum atomic E-state index is 10.6. The summed E-state index contributed by atoms with van der Waals surface area (Å²) in [4.78, 5) is 2.39. The van der Waals surface area contributed by atoms with E-state index in [1.807, 2.05) is 0 Å². The third-order valence-electron chi connectivity index (χ3n) is 4.67. The second-order valence-electron chi connectivity index (χ2n) is 6.53. The van der Waals surface area contributed by atoms with E-state index in [0.29, 0.717) is 18.0 Å². The van der Waals surface area contributed by atoms with Crippen molar-refractivity contribution in [3.05, 3.63) is 0 Å². The first-order valence-electron chi connectivity index (χ1n) is 7.14. The van der Waals surface area contributed by atoms with Crippen molar-refractivity contribution >= 4 is 0 Å². The molecule has 0 aromatic heterocycles. The molecule has 4 atom stereocenters. The van der Waals surface area contributed by atoms with Gasteiger partial charge in [0.25, 0.3) is 0 Å². The van der Waals surface area contributed by atoms with Crippen molar-refractivity contribution in [3.8, 4) is 0 Å². The molecule has 2 rings (SSSR count). The highest BCUT2D eigenvalue weighted by molar-refractivity contribution is 4.91. The predicted octanol–water partition coefficient (Wildman–Crippen LogP) is 1.61. The van der Waals surface area contributed by atoms with Gasteiger partial charge in [-0.25, -0.2) is 0 Å². The Morgan fingerprint density at radius 2 is 2.18 bits per heavy atom. The van der Waals surface area contributed by atoms with E-state index >= 15 is 0 Å². The zero-order valence-electron chi connectivity index (χ0n) is 11.6. The Morgan fingerprint density at radius 1 is 1.41 bits per heavy atom. The molecule has 3 nitrogen and oxygen atoms in total. The van der Waals surface area contributed by atoms with Crippen LogP contribution in [-0.4, -0.2) is 47.8 Å². The average Bonchev–Trinajstić information content (AvgIpc) is 2.56. The SMILES string of the molecule is CC1CCCC(O)(CNC2CC(C)N(C)C2)C1. The third-order valence-corrected chi connectivity index (χ3v) is 4.67. The summed E-state index contributed by atoms with van der Waals surface area (Å²) in [6.45, 7) is 6.43. The van der Waals surface area contributed by atoms with Crippen LogP contribution >= 0.6 is 0 Å². The maximum absolute atomic E-state index is 10.6. The normalized spacial score (nSPS) is 44.1. The summed E-state index contributed by atoms with van der Waals surface area (Å²) < 4.78 is 0. The maximum Gasteiger partial charge on any atom is 0.0774 e. The van der Waals surface area contributed by atoms with Crippen LogP contribution in [0, 0.1) is 5.92 Å². The summed E-state index contributed by atoms with van der Waals surface area (Å²) in [6, 6.07) is 1.24. The molecule has 17 heavy (non-hydrogen) atoms. The first-order chi connectivity index (χ1) is 7.98. The van der Waals surface area contributed by atoms with Crippen LogP contribution in [0.15, 0.2) is 0 Å². The van der Waals surface area contributed by atoms with Crippen molar-refractivity contribution in [2.45, 2.75) is 63.6 Å². The molecule has 4 unspecified atom stereocenters. The highest BCUT2D eigenvalue weighted by Crippen LogP contribution is 2.32. The van der Waals surface area contributed by atoms with E-state index in [2.05, 4.69) is 31.1 Å². The molecule has 2 aliphatic rings. The van der Waals surface area contributed by atoms with Crippen molar-refractivity contribution in [1.29, 1.82) is 0 Å². The third kappa shape index (κ3) is 3.43.